The van der Waals surface area contributed by atoms with Crippen molar-refractivity contribution in [1.29, 1.82) is 0 Å². The first-order valence-electron chi connectivity index (χ1n) is 10.3. The molecule has 0 radical (unpaired) electrons. The monoisotopic (exact) mass is 440 g/mol. The Morgan fingerprint density at radius 3 is 2.29 bits per heavy atom. The molecule has 0 bridgehead atoms. The minimum atomic E-state index is -3.60. The van der Waals surface area contributed by atoms with Gasteiger partial charge in [0.25, 0.3) is 11.5 Å². The second-order valence-electron chi connectivity index (χ2n) is 7.52. The summed E-state index contributed by atoms with van der Waals surface area (Å²) in [7, 11) is -3.60. The molecule has 2 aromatic carbocycles. The first kappa shape index (κ1) is 21.2. The van der Waals surface area contributed by atoms with Crippen LogP contribution in [-0.2, 0) is 16.6 Å². The fourth-order valence-corrected chi connectivity index (χ4v) is 5.17. The molecule has 1 saturated heterocycles. The number of likely N-dealkylation sites (tertiary alicyclic amines) is 1. The molecule has 1 aromatic heterocycles. The number of fused-ring (bicyclic) bond motifs is 1. The first-order chi connectivity index (χ1) is 14.9. The average molecular weight is 441 g/mol. The lowest BCUT2D eigenvalue weighted by Crippen LogP contribution is -2.47. The zero-order valence-electron chi connectivity index (χ0n) is 17.2. The summed E-state index contributed by atoms with van der Waals surface area (Å²) in [4.78, 5) is 27.6. The number of nitrogens with one attached hydrogen (secondary N) is 1. The molecular formula is C22H24N4O4S. The summed E-state index contributed by atoms with van der Waals surface area (Å²) in [6, 6.07) is 15.0. The summed E-state index contributed by atoms with van der Waals surface area (Å²) in [5.74, 6) is -0.247. The Hall–Kier alpha value is -3.04. The highest BCUT2D eigenvalue weighted by atomic mass is 32.2. The van der Waals surface area contributed by atoms with Crippen LogP contribution in [0, 0.1) is 0 Å². The molecule has 0 unspecified atom stereocenters. The molecule has 4 rings (SSSR count). The normalized spacial score (nSPS) is 15.3. The van der Waals surface area contributed by atoms with E-state index in [1.54, 1.807) is 59.5 Å². The molecule has 3 aromatic rings. The number of hydrogen-bond acceptors (Lipinski definition) is 5. The average Bonchev–Trinajstić information content (AvgIpc) is 2.80. The van der Waals surface area contributed by atoms with E-state index in [9.17, 15) is 18.0 Å². The van der Waals surface area contributed by atoms with E-state index >= 15 is 0 Å². The minimum absolute atomic E-state index is 0.219. The summed E-state index contributed by atoms with van der Waals surface area (Å²) in [5, 5.41) is 5.32. The van der Waals surface area contributed by atoms with Crippen LogP contribution in [0.2, 0.25) is 0 Å². The van der Waals surface area contributed by atoms with E-state index in [4.69, 9.17) is 0 Å². The van der Waals surface area contributed by atoms with Gasteiger partial charge in [0.15, 0.2) is 5.69 Å². The van der Waals surface area contributed by atoms with Crippen molar-refractivity contribution in [2.75, 3.05) is 13.1 Å². The maximum Gasteiger partial charge on any atom is 0.274 e. The molecule has 0 atom stereocenters. The second kappa shape index (κ2) is 8.60. The molecule has 1 N–H and O–H groups in total. The zero-order valence-corrected chi connectivity index (χ0v) is 18.0. The lowest BCUT2D eigenvalue weighted by Gasteiger charge is -2.32. The topological polar surface area (TPSA) is 101 Å². The fraction of sp³-hybridized carbons (Fsp3) is 0.318. The molecular weight excluding hydrogens is 416 g/mol. The standard InChI is InChI=1S/C22H24N4O4S/c1-2-26-21(27)19-11-7-6-10-18(19)20(23-26)22(28)25-14-12-16(13-15-25)24-31(29,30)17-8-4-3-5-9-17/h3-11,16,24H,2,12-15H2,1H3. The molecule has 1 amide bonds. The van der Waals surface area contributed by atoms with Gasteiger partial charge in [0.1, 0.15) is 0 Å². The van der Waals surface area contributed by atoms with Crippen LogP contribution in [0.25, 0.3) is 10.8 Å². The molecule has 162 valence electrons. The van der Waals surface area contributed by atoms with Crippen LogP contribution in [-0.4, -0.2) is 48.1 Å². The SMILES string of the molecule is CCn1nc(C(=O)N2CCC(NS(=O)(=O)c3ccccc3)CC2)c2ccccc2c1=O. The van der Waals surface area contributed by atoms with Crippen LogP contribution in [0.4, 0.5) is 0 Å². The van der Waals surface area contributed by atoms with Crippen LogP contribution in [0.5, 0.6) is 0 Å². The second-order valence-corrected chi connectivity index (χ2v) is 9.23. The van der Waals surface area contributed by atoms with Crippen LogP contribution < -0.4 is 10.3 Å². The largest absolute Gasteiger partial charge is 0.337 e. The van der Waals surface area contributed by atoms with Crippen molar-refractivity contribution in [3.05, 3.63) is 70.6 Å². The number of carbonyl (C=O) groups excluding carboxylic acids is 1. The van der Waals surface area contributed by atoms with Crippen molar-refractivity contribution in [2.24, 2.45) is 0 Å². The quantitative estimate of drug-likeness (QED) is 0.654. The van der Waals surface area contributed by atoms with E-state index in [1.165, 1.54) is 4.68 Å². The Morgan fingerprint density at radius 1 is 1.03 bits per heavy atom. The summed E-state index contributed by atoms with van der Waals surface area (Å²) < 4.78 is 29.1. The maximum absolute atomic E-state index is 13.2. The zero-order chi connectivity index (χ0) is 22.0. The van der Waals surface area contributed by atoms with Crippen LogP contribution >= 0.6 is 0 Å². The van der Waals surface area contributed by atoms with E-state index < -0.39 is 10.0 Å². The van der Waals surface area contributed by atoms with Gasteiger partial charge in [0.2, 0.25) is 10.0 Å². The molecule has 31 heavy (non-hydrogen) atoms. The number of rotatable bonds is 5. The number of carbonyl (C=O) groups is 1. The van der Waals surface area contributed by atoms with Gasteiger partial charge in [0, 0.05) is 31.1 Å². The maximum atomic E-state index is 13.2. The van der Waals surface area contributed by atoms with E-state index in [0.717, 1.165) is 0 Å². The number of benzene rings is 2. The Labute approximate surface area is 180 Å². The Bertz CT molecular complexity index is 1260. The molecule has 8 nitrogen and oxygen atoms in total. The number of aromatic nitrogens is 2. The smallest absolute Gasteiger partial charge is 0.274 e. The predicted octanol–water partition coefficient (Wildman–Crippen LogP) is 2.00. The summed E-state index contributed by atoms with van der Waals surface area (Å²) >= 11 is 0. The third-order valence-electron chi connectivity index (χ3n) is 5.53. The van der Waals surface area contributed by atoms with Crippen molar-refractivity contribution < 1.29 is 13.2 Å². The Balaban J connectivity index is 1.50. The van der Waals surface area contributed by atoms with Crippen LogP contribution in [0.1, 0.15) is 30.3 Å². The lowest BCUT2D eigenvalue weighted by atomic mass is 10.0. The van der Waals surface area contributed by atoms with Gasteiger partial charge in [-0.1, -0.05) is 36.4 Å². The molecule has 0 saturated carbocycles. The Kier molecular flexibility index (Phi) is 5.88. The van der Waals surface area contributed by atoms with Gasteiger partial charge in [-0.25, -0.2) is 17.8 Å². The lowest BCUT2D eigenvalue weighted by molar-refractivity contribution is 0.0705. The van der Waals surface area contributed by atoms with Gasteiger partial charge < -0.3 is 4.90 Å². The minimum Gasteiger partial charge on any atom is -0.337 e. The molecule has 9 heteroatoms. The van der Waals surface area contributed by atoms with Gasteiger partial charge in [-0.05, 0) is 38.0 Å². The van der Waals surface area contributed by atoms with Crippen molar-refractivity contribution in [2.45, 2.75) is 37.2 Å². The molecule has 2 heterocycles. The van der Waals surface area contributed by atoms with E-state index in [2.05, 4.69) is 9.82 Å². The number of piperidine rings is 1. The molecule has 1 fully saturated rings. The summed E-state index contributed by atoms with van der Waals surface area (Å²) in [6.07, 6.45) is 1.01. The van der Waals surface area contributed by atoms with E-state index in [1.807, 2.05) is 6.92 Å². The molecule has 0 spiro atoms. The Morgan fingerprint density at radius 2 is 1.65 bits per heavy atom. The molecule has 0 aliphatic carbocycles. The number of amides is 1. The van der Waals surface area contributed by atoms with Crippen molar-refractivity contribution >= 4 is 26.7 Å². The number of sulfonamides is 1. The van der Waals surface area contributed by atoms with Crippen molar-refractivity contribution in [1.82, 2.24) is 19.4 Å². The number of nitrogens with zero attached hydrogens (tertiary/aromatic N) is 3. The van der Waals surface area contributed by atoms with Gasteiger partial charge in [0.05, 0.1) is 10.3 Å². The fourth-order valence-electron chi connectivity index (χ4n) is 3.84. The van der Waals surface area contributed by atoms with Gasteiger partial charge in [-0.3, -0.25) is 9.59 Å². The highest BCUT2D eigenvalue weighted by Gasteiger charge is 2.29. The summed E-state index contributed by atoms with van der Waals surface area (Å²) in [6.45, 7) is 2.99. The number of aryl methyl sites for hydroxylation is 1. The van der Waals surface area contributed by atoms with Gasteiger partial charge >= 0.3 is 0 Å². The predicted molar refractivity (Wildman–Crippen MR) is 117 cm³/mol. The molecule has 1 aliphatic heterocycles. The van der Waals surface area contributed by atoms with Gasteiger partial charge in [-0.2, -0.15) is 5.10 Å². The van der Waals surface area contributed by atoms with Gasteiger partial charge in [-0.15, -0.1) is 0 Å². The van der Waals surface area contributed by atoms with Crippen molar-refractivity contribution in [3.63, 3.8) is 0 Å². The van der Waals surface area contributed by atoms with E-state index in [0.29, 0.717) is 43.2 Å². The van der Waals surface area contributed by atoms with E-state index in [-0.39, 0.29) is 28.1 Å². The first-order valence-corrected chi connectivity index (χ1v) is 11.8. The highest BCUT2D eigenvalue weighted by molar-refractivity contribution is 7.89. The van der Waals surface area contributed by atoms with Crippen LogP contribution in [0.3, 0.4) is 0 Å². The third-order valence-corrected chi connectivity index (χ3v) is 7.06. The van der Waals surface area contributed by atoms with Crippen molar-refractivity contribution in [3.8, 4) is 0 Å². The number of hydrogen-bond donors (Lipinski definition) is 1. The summed E-state index contributed by atoms with van der Waals surface area (Å²) in [5.41, 5.74) is 0.0315. The highest BCUT2D eigenvalue weighted by Crippen LogP contribution is 2.19. The molecule has 1 aliphatic rings. The van der Waals surface area contributed by atoms with Crippen LogP contribution in [0.15, 0.2) is 64.3 Å². The third kappa shape index (κ3) is 4.24.